The third-order valence-electron chi connectivity index (χ3n) is 4.77. The highest BCUT2D eigenvalue weighted by molar-refractivity contribution is 7.89. The highest BCUT2D eigenvalue weighted by Crippen LogP contribution is 2.33. The molecular weight excluding hydrogens is 430 g/mol. The Kier molecular flexibility index (Phi) is 5.35. The van der Waals surface area contributed by atoms with Crippen LogP contribution < -0.4 is 15.2 Å². The van der Waals surface area contributed by atoms with Crippen LogP contribution in [-0.2, 0) is 20.0 Å². The van der Waals surface area contributed by atoms with Crippen LogP contribution in [0, 0.1) is 0 Å². The zero-order chi connectivity index (χ0) is 21.4. The first kappa shape index (κ1) is 20.5. The Hall–Kier alpha value is -2.76. The van der Waals surface area contributed by atoms with Gasteiger partial charge in [-0.25, -0.2) is 16.8 Å². The maximum atomic E-state index is 13.1. The molecular formula is C19H21N3O6S2. The van der Waals surface area contributed by atoms with Crippen LogP contribution in [0.3, 0.4) is 0 Å². The number of benzene rings is 2. The molecule has 2 aromatic rings. The van der Waals surface area contributed by atoms with Crippen molar-refractivity contribution in [2.24, 2.45) is 0 Å². The third-order valence-corrected chi connectivity index (χ3v) is 8.40. The van der Waals surface area contributed by atoms with E-state index in [1.165, 1.54) is 40.8 Å². The van der Waals surface area contributed by atoms with Gasteiger partial charge in [-0.15, -0.1) is 0 Å². The SMILES string of the molecule is Nc1cccc(S(=O)(=O)N2CC=CN(S(=O)(=O)c3ccc4c(c3)OCCO4)CC2)c1. The lowest BCUT2D eigenvalue weighted by molar-refractivity contribution is 0.171. The van der Waals surface area contributed by atoms with Crippen molar-refractivity contribution >= 4 is 25.7 Å². The molecule has 9 nitrogen and oxygen atoms in total. The lowest BCUT2D eigenvalue weighted by Crippen LogP contribution is -2.37. The minimum Gasteiger partial charge on any atom is -0.486 e. The molecule has 0 bridgehead atoms. The topological polar surface area (TPSA) is 119 Å². The monoisotopic (exact) mass is 451 g/mol. The van der Waals surface area contributed by atoms with E-state index in [2.05, 4.69) is 0 Å². The quantitative estimate of drug-likeness (QED) is 0.695. The van der Waals surface area contributed by atoms with Crippen LogP contribution in [-0.4, -0.2) is 58.3 Å². The van der Waals surface area contributed by atoms with Gasteiger partial charge in [-0.05, 0) is 30.3 Å². The van der Waals surface area contributed by atoms with Crippen molar-refractivity contribution in [3.05, 3.63) is 54.7 Å². The van der Waals surface area contributed by atoms with E-state index in [1.807, 2.05) is 0 Å². The van der Waals surface area contributed by atoms with Crippen molar-refractivity contribution in [3.63, 3.8) is 0 Å². The molecule has 0 aromatic heterocycles. The highest BCUT2D eigenvalue weighted by Gasteiger charge is 2.30. The first-order valence-electron chi connectivity index (χ1n) is 9.22. The van der Waals surface area contributed by atoms with Crippen molar-refractivity contribution < 1.29 is 26.3 Å². The van der Waals surface area contributed by atoms with Crippen LogP contribution >= 0.6 is 0 Å². The predicted octanol–water partition coefficient (Wildman–Crippen LogP) is 1.25. The summed E-state index contributed by atoms with van der Waals surface area (Å²) in [5, 5.41) is 0. The summed E-state index contributed by atoms with van der Waals surface area (Å²) in [6, 6.07) is 10.4. The third kappa shape index (κ3) is 3.83. The van der Waals surface area contributed by atoms with Crippen molar-refractivity contribution in [1.82, 2.24) is 8.61 Å². The summed E-state index contributed by atoms with van der Waals surface area (Å²) in [6.07, 6.45) is 2.90. The molecule has 0 saturated carbocycles. The molecule has 2 heterocycles. The molecule has 4 rings (SSSR count). The maximum Gasteiger partial charge on any atom is 0.263 e. The van der Waals surface area contributed by atoms with Crippen LogP contribution in [0.4, 0.5) is 5.69 Å². The lowest BCUT2D eigenvalue weighted by atomic mass is 10.3. The van der Waals surface area contributed by atoms with Gasteiger partial charge in [-0.3, -0.25) is 4.31 Å². The Morgan fingerprint density at radius 1 is 0.833 bits per heavy atom. The molecule has 0 unspecified atom stereocenters. The molecule has 160 valence electrons. The number of sulfonamides is 2. The first-order valence-corrected chi connectivity index (χ1v) is 12.1. The number of nitrogens with two attached hydrogens (primary N) is 1. The molecule has 0 radical (unpaired) electrons. The van der Waals surface area contributed by atoms with Gasteiger partial charge in [0.2, 0.25) is 10.0 Å². The molecule has 2 aliphatic heterocycles. The largest absolute Gasteiger partial charge is 0.486 e. The lowest BCUT2D eigenvalue weighted by Gasteiger charge is -2.24. The smallest absolute Gasteiger partial charge is 0.263 e. The van der Waals surface area contributed by atoms with E-state index in [4.69, 9.17) is 15.2 Å². The maximum absolute atomic E-state index is 13.1. The molecule has 0 amide bonds. The van der Waals surface area contributed by atoms with E-state index in [1.54, 1.807) is 18.2 Å². The molecule has 0 fully saturated rings. The molecule has 2 N–H and O–H groups in total. The fourth-order valence-electron chi connectivity index (χ4n) is 3.22. The zero-order valence-corrected chi connectivity index (χ0v) is 17.6. The van der Waals surface area contributed by atoms with Gasteiger partial charge in [-0.2, -0.15) is 4.31 Å². The van der Waals surface area contributed by atoms with E-state index in [-0.39, 0.29) is 29.4 Å². The summed E-state index contributed by atoms with van der Waals surface area (Å²) in [7, 11) is -7.70. The van der Waals surface area contributed by atoms with E-state index in [0.717, 1.165) is 4.31 Å². The molecule has 2 aliphatic rings. The average Bonchev–Trinajstić information content (AvgIpc) is 3.01. The summed E-state index contributed by atoms with van der Waals surface area (Å²) in [4.78, 5) is 0.114. The number of hydrogen-bond acceptors (Lipinski definition) is 7. The van der Waals surface area contributed by atoms with Gasteiger partial charge >= 0.3 is 0 Å². The van der Waals surface area contributed by atoms with E-state index < -0.39 is 20.0 Å². The first-order chi connectivity index (χ1) is 14.3. The van der Waals surface area contributed by atoms with Crippen LogP contribution in [0.15, 0.2) is 64.5 Å². The van der Waals surface area contributed by atoms with Gasteiger partial charge in [0.25, 0.3) is 10.0 Å². The van der Waals surface area contributed by atoms with E-state index >= 15 is 0 Å². The van der Waals surface area contributed by atoms with Crippen LogP contribution in [0.1, 0.15) is 0 Å². The summed E-state index contributed by atoms with van der Waals surface area (Å²) in [6.45, 7) is 0.759. The normalized spacial score (nSPS) is 17.5. The summed E-state index contributed by atoms with van der Waals surface area (Å²) < 4.78 is 65.3. The molecule has 2 aromatic carbocycles. The highest BCUT2D eigenvalue weighted by atomic mass is 32.2. The number of hydrogen-bond donors (Lipinski definition) is 1. The fourth-order valence-corrected chi connectivity index (χ4v) is 5.99. The number of ether oxygens (including phenoxy) is 2. The second kappa shape index (κ2) is 7.82. The molecule has 30 heavy (non-hydrogen) atoms. The van der Waals surface area contributed by atoms with Crippen molar-refractivity contribution in [2.75, 3.05) is 38.6 Å². The standard InChI is InChI=1S/C19H21N3O6S2/c20-15-3-1-4-16(13-15)29(23,24)21-7-2-8-22(10-9-21)30(25,26)17-5-6-18-19(14-17)28-12-11-27-18/h1-6,8,13-14H,7,9-12,20H2. The van der Waals surface area contributed by atoms with Gasteiger partial charge < -0.3 is 15.2 Å². The van der Waals surface area contributed by atoms with Gasteiger partial charge in [0.15, 0.2) is 11.5 Å². The van der Waals surface area contributed by atoms with Crippen LogP contribution in [0.5, 0.6) is 11.5 Å². The Morgan fingerprint density at radius 2 is 1.57 bits per heavy atom. The van der Waals surface area contributed by atoms with E-state index in [9.17, 15) is 16.8 Å². The van der Waals surface area contributed by atoms with Crippen molar-refractivity contribution in [1.29, 1.82) is 0 Å². The second-order valence-electron chi connectivity index (χ2n) is 6.74. The van der Waals surface area contributed by atoms with Gasteiger partial charge in [0, 0.05) is 37.6 Å². The second-order valence-corrected chi connectivity index (χ2v) is 10.6. The summed E-state index contributed by atoms with van der Waals surface area (Å²) in [5.74, 6) is 0.859. The minimum atomic E-state index is -3.89. The predicted molar refractivity (Wildman–Crippen MR) is 110 cm³/mol. The Balaban J connectivity index is 1.55. The number of nitrogen functional groups attached to an aromatic ring is 1. The Morgan fingerprint density at radius 3 is 2.33 bits per heavy atom. The van der Waals surface area contributed by atoms with E-state index in [0.29, 0.717) is 30.4 Å². The van der Waals surface area contributed by atoms with Crippen LogP contribution in [0.25, 0.3) is 0 Å². The fraction of sp³-hybridized carbons (Fsp3) is 0.263. The van der Waals surface area contributed by atoms with Gasteiger partial charge in [-0.1, -0.05) is 12.1 Å². The number of nitrogens with zero attached hydrogens (tertiary/aromatic N) is 2. The summed E-state index contributed by atoms with van der Waals surface area (Å²) >= 11 is 0. The zero-order valence-electron chi connectivity index (χ0n) is 16.0. The number of anilines is 1. The average molecular weight is 452 g/mol. The summed E-state index contributed by atoms with van der Waals surface area (Å²) in [5.41, 5.74) is 6.04. The number of rotatable bonds is 4. The van der Waals surface area contributed by atoms with Crippen molar-refractivity contribution in [3.8, 4) is 11.5 Å². The minimum absolute atomic E-state index is 0.00604. The molecule has 0 atom stereocenters. The number of fused-ring (bicyclic) bond motifs is 1. The van der Waals surface area contributed by atoms with Crippen LogP contribution in [0.2, 0.25) is 0 Å². The molecule has 0 saturated heterocycles. The van der Waals surface area contributed by atoms with Gasteiger partial charge in [0.1, 0.15) is 13.2 Å². The Labute approximate surface area is 175 Å². The molecule has 11 heteroatoms. The van der Waals surface area contributed by atoms with Gasteiger partial charge in [0.05, 0.1) is 9.79 Å². The Bertz CT molecular complexity index is 1190. The van der Waals surface area contributed by atoms with Crippen molar-refractivity contribution in [2.45, 2.75) is 9.79 Å². The molecule has 0 aliphatic carbocycles. The molecule has 0 spiro atoms.